The van der Waals surface area contributed by atoms with E-state index in [-0.39, 0.29) is 47.4 Å². The molecule has 1 amide bonds. The lowest BCUT2D eigenvalue weighted by molar-refractivity contribution is -0.138. The van der Waals surface area contributed by atoms with Crippen LogP contribution in [0.3, 0.4) is 0 Å². The zero-order valence-corrected chi connectivity index (χ0v) is 48.8. The standard InChI is InChI=1S/C21H15ClFN3O4.C20H19F3N4O3.C20H20F3N3O3/c1-13(19-26-28-11-10-27-19)14-6-2-4-8-16(14)29-20-18(23)21(25-12-24-20)30-17-9-5-3-7-15(17)22;1-13(14-8-6-9-16(11-14)20(21,22)23)25-30-12-15-7-4-5-10-17(15)27-18(29-3)24-26(2)19(27)28;1-13(14-8-6-9-16(11-14)20(21,22)23)29-25-12-15-7-4-5-10-17(15)18(26-28-3)19(27)24-2/h2-9,12H,1,10-11H2;4-11H,12H2,1-3H3;4-13H,1-3H3,(H,24,27)/b;25-13+;25-12+,26-18+. The maximum Gasteiger partial charge on any atom is 0.416 e. The highest BCUT2D eigenvalue weighted by Crippen LogP contribution is 2.36. The molecule has 9 rings (SSSR count). The Morgan fingerprint density at radius 1 is 0.809 bits per heavy atom. The molecule has 2 aromatic heterocycles. The number of carbonyl (C=O) groups is 1. The van der Waals surface area contributed by atoms with Gasteiger partial charge in [-0.2, -0.15) is 40.7 Å². The van der Waals surface area contributed by atoms with Gasteiger partial charge in [0.2, 0.25) is 5.82 Å². The molecule has 0 aliphatic carbocycles. The number of carbonyl (C=O) groups excluding carboxylic acids is 1. The summed E-state index contributed by atoms with van der Waals surface area (Å²) in [6, 6.07) is 37.1. The van der Waals surface area contributed by atoms with Crippen molar-refractivity contribution < 1.29 is 73.8 Å². The van der Waals surface area contributed by atoms with Crippen LogP contribution in [0.1, 0.15) is 64.5 Å². The number of likely N-dealkylation sites (N-methyl/N-ethyl adjacent to an activating group) is 1. The highest BCUT2D eigenvalue weighted by atomic mass is 35.5. The predicted molar refractivity (Wildman–Crippen MR) is 315 cm³/mol. The number of halogens is 8. The summed E-state index contributed by atoms with van der Waals surface area (Å²) in [6.45, 7) is 7.80. The number of alkyl halides is 6. The molecule has 0 radical (unpaired) electrons. The molecule has 0 bridgehead atoms. The van der Waals surface area contributed by atoms with E-state index in [9.17, 15) is 40.3 Å². The third kappa shape index (κ3) is 17.6. The molecule has 1 aliphatic heterocycles. The Balaban J connectivity index is 0.000000190. The summed E-state index contributed by atoms with van der Waals surface area (Å²) in [4.78, 5) is 52.6. The molecule has 1 N–H and O–H groups in total. The minimum atomic E-state index is -4.44. The van der Waals surface area contributed by atoms with Crippen LogP contribution in [-0.4, -0.2) is 88.2 Å². The van der Waals surface area contributed by atoms with Crippen molar-refractivity contribution in [2.24, 2.45) is 27.7 Å². The van der Waals surface area contributed by atoms with E-state index in [1.54, 1.807) is 111 Å². The average Bonchev–Trinajstić information content (AvgIpc) is 2.25. The summed E-state index contributed by atoms with van der Waals surface area (Å²) in [7, 11) is 5.69. The Hall–Kier alpha value is -10.6. The molecule has 8 aromatic rings. The first-order valence-corrected chi connectivity index (χ1v) is 26.6. The van der Waals surface area contributed by atoms with E-state index in [4.69, 9.17) is 49.9 Å². The number of methoxy groups -OCH3 is 1. The minimum absolute atomic E-state index is 0.0169. The Bertz CT molecular complexity index is 3970. The molecule has 1 aliphatic rings. The number of para-hydroxylation sites is 3. The summed E-state index contributed by atoms with van der Waals surface area (Å²) in [6.07, 6.45) is -7.11. The zero-order chi connectivity index (χ0) is 64.3. The van der Waals surface area contributed by atoms with Crippen LogP contribution in [0.5, 0.6) is 29.3 Å². The van der Waals surface area contributed by atoms with Crippen LogP contribution in [0.4, 0.5) is 30.7 Å². The first-order chi connectivity index (χ1) is 42.6. The normalized spacial score (nSPS) is 12.8. The van der Waals surface area contributed by atoms with Gasteiger partial charge in [0.15, 0.2) is 12.3 Å². The molecule has 6 aromatic carbocycles. The lowest BCUT2D eigenvalue weighted by Crippen LogP contribution is -2.29. The number of amides is 1. The van der Waals surface area contributed by atoms with Gasteiger partial charge in [-0.3, -0.25) is 4.79 Å². The number of rotatable bonds is 19. The first-order valence-electron chi connectivity index (χ1n) is 26.3. The van der Waals surface area contributed by atoms with E-state index in [0.717, 1.165) is 35.3 Å². The number of ether oxygens (including phenoxy) is 4. The van der Waals surface area contributed by atoms with Crippen LogP contribution >= 0.6 is 11.6 Å². The Kier molecular flexibility index (Phi) is 22.7. The quantitative estimate of drug-likeness (QED) is 0.0453. The SMILES string of the molecule is C=C(C1=NOCCO1)c1ccccc1Oc1ncnc(Oc2ccccc2Cl)c1F.CNC(=O)/C(=N/OC)c1ccccc1/C=N/OC(C)c1cccc(C(F)(F)F)c1.COc1nn(C)c(=O)n1-c1ccccc1CO/N=C(\C)c1cccc(C(F)(F)F)c1. The average molecular weight is 1260 g/mol. The van der Waals surface area contributed by atoms with Crippen LogP contribution in [0.15, 0.2) is 184 Å². The first kappa shape index (κ1) is 66.0. The maximum atomic E-state index is 15.0. The predicted octanol–water partition coefficient (Wildman–Crippen LogP) is 12.7. The second kappa shape index (κ2) is 30.7. The highest BCUT2D eigenvalue weighted by molar-refractivity contribution is 6.46. The number of oxime groups is 4. The van der Waals surface area contributed by atoms with Gasteiger partial charge in [-0.15, -0.1) is 5.10 Å². The topological polar surface area (TPSA) is 218 Å². The van der Waals surface area contributed by atoms with Gasteiger partial charge in [-0.25, -0.2) is 14.0 Å². The van der Waals surface area contributed by atoms with Crippen LogP contribution in [0.2, 0.25) is 5.02 Å². The highest BCUT2D eigenvalue weighted by Gasteiger charge is 2.32. The van der Waals surface area contributed by atoms with E-state index in [1.165, 1.54) is 63.4 Å². The molecule has 464 valence electrons. The second-order valence-electron chi connectivity index (χ2n) is 18.3. The minimum Gasteiger partial charge on any atom is -0.471 e. The van der Waals surface area contributed by atoms with Crippen molar-refractivity contribution in [1.29, 1.82) is 0 Å². The smallest absolute Gasteiger partial charge is 0.416 e. The third-order valence-electron chi connectivity index (χ3n) is 12.3. The summed E-state index contributed by atoms with van der Waals surface area (Å²) in [5.41, 5.74) is 2.08. The van der Waals surface area contributed by atoms with Crippen molar-refractivity contribution in [3.63, 3.8) is 0 Å². The molecule has 28 heteroatoms. The van der Waals surface area contributed by atoms with Crippen molar-refractivity contribution in [3.8, 4) is 35.0 Å². The van der Waals surface area contributed by atoms with E-state index in [1.807, 2.05) is 0 Å². The van der Waals surface area contributed by atoms with Gasteiger partial charge in [0.05, 0.1) is 40.9 Å². The number of benzene rings is 6. The van der Waals surface area contributed by atoms with E-state index >= 15 is 0 Å². The van der Waals surface area contributed by atoms with Gasteiger partial charge in [0.25, 0.3) is 23.6 Å². The Morgan fingerprint density at radius 3 is 2.10 bits per heavy atom. The molecule has 0 saturated heterocycles. The van der Waals surface area contributed by atoms with Crippen LogP contribution in [0.25, 0.3) is 11.3 Å². The number of aromatic nitrogens is 5. The molecule has 3 heterocycles. The largest absolute Gasteiger partial charge is 0.471 e. The van der Waals surface area contributed by atoms with Crippen molar-refractivity contribution in [3.05, 3.63) is 224 Å². The molecular weight excluding hydrogens is 1200 g/mol. The third-order valence-corrected chi connectivity index (χ3v) is 12.6. The summed E-state index contributed by atoms with van der Waals surface area (Å²) >= 11 is 6.06. The van der Waals surface area contributed by atoms with Gasteiger partial charge >= 0.3 is 24.1 Å². The number of nitrogens with zero attached hydrogens (tertiary/aromatic N) is 9. The summed E-state index contributed by atoms with van der Waals surface area (Å²) < 4.78 is 116. The molecule has 89 heavy (non-hydrogen) atoms. The van der Waals surface area contributed by atoms with E-state index < -0.39 is 47.0 Å². The lowest BCUT2D eigenvalue weighted by atomic mass is 10.0. The number of aryl methyl sites for hydroxylation is 1. The maximum absolute atomic E-state index is 15.0. The lowest BCUT2D eigenvalue weighted by Gasteiger charge is -2.17. The fourth-order valence-corrected chi connectivity index (χ4v) is 8.02. The Labute approximate surface area is 508 Å². The molecule has 0 fully saturated rings. The fourth-order valence-electron chi connectivity index (χ4n) is 7.84. The van der Waals surface area contributed by atoms with Crippen molar-refractivity contribution in [2.75, 3.05) is 34.5 Å². The van der Waals surface area contributed by atoms with Gasteiger partial charge in [0.1, 0.15) is 44.3 Å². The van der Waals surface area contributed by atoms with Gasteiger partial charge in [-0.05, 0) is 78.7 Å². The van der Waals surface area contributed by atoms with E-state index in [2.05, 4.69) is 47.6 Å². The van der Waals surface area contributed by atoms with Crippen molar-refractivity contribution in [2.45, 2.75) is 38.9 Å². The van der Waals surface area contributed by atoms with Gasteiger partial charge in [0, 0.05) is 41.9 Å². The summed E-state index contributed by atoms with van der Waals surface area (Å²) in [5.74, 6) is -1.21. The molecule has 0 saturated carbocycles. The van der Waals surface area contributed by atoms with Crippen molar-refractivity contribution >= 4 is 46.6 Å². The van der Waals surface area contributed by atoms with Gasteiger partial charge in [-0.1, -0.05) is 131 Å². The number of nitrogens with one attached hydrogen (secondary N) is 1. The fraction of sp³-hybridized carbons (Fsp3) is 0.197. The molecule has 0 spiro atoms. The number of hydrogen-bond acceptors (Lipinski definition) is 17. The zero-order valence-electron chi connectivity index (χ0n) is 48.0. The van der Waals surface area contributed by atoms with E-state index in [0.29, 0.717) is 68.6 Å². The second-order valence-corrected chi connectivity index (χ2v) is 18.7. The number of hydrogen-bond donors (Lipinski definition) is 1. The summed E-state index contributed by atoms with van der Waals surface area (Å²) in [5, 5.41) is 22.2. The van der Waals surface area contributed by atoms with Gasteiger partial charge < -0.3 is 43.6 Å². The van der Waals surface area contributed by atoms with Crippen LogP contribution < -0.4 is 25.2 Å². The van der Waals surface area contributed by atoms with Crippen LogP contribution in [0, 0.1) is 5.82 Å². The Morgan fingerprint density at radius 2 is 1.44 bits per heavy atom. The molecule has 1 unspecified atom stereocenters. The molecule has 1 atom stereocenters. The molecular formula is C61H54ClF7N10O10. The monoisotopic (exact) mass is 1250 g/mol. The molecule has 20 nitrogen and oxygen atoms in total. The van der Waals surface area contributed by atoms with Crippen molar-refractivity contribution in [1.82, 2.24) is 29.6 Å². The van der Waals surface area contributed by atoms with Crippen LogP contribution in [-0.2, 0) is 54.9 Å².